The van der Waals surface area contributed by atoms with Gasteiger partial charge in [-0.1, -0.05) is 12.1 Å². The number of hydrogen-bond acceptors (Lipinski definition) is 7. The molecule has 0 saturated carbocycles. The summed E-state index contributed by atoms with van der Waals surface area (Å²) in [5.41, 5.74) is 2.47. The van der Waals surface area contributed by atoms with Gasteiger partial charge >= 0.3 is 5.97 Å². The number of aryl methyl sites for hydroxylation is 1. The second kappa shape index (κ2) is 9.27. The van der Waals surface area contributed by atoms with Gasteiger partial charge in [0, 0.05) is 30.0 Å². The standard InChI is InChI=1S/C26H24N2O6/c1-15-22(26(30)34-5)23(16-6-8-18(31-2)9-7-16)24-21(27-15)10-11-28(25(24)29)17-12-19(32-3)14-20(13-17)33-4/h6-14H,1-5H3. The summed E-state index contributed by atoms with van der Waals surface area (Å²) in [6.07, 6.45) is 1.64. The maximum Gasteiger partial charge on any atom is 0.340 e. The largest absolute Gasteiger partial charge is 0.497 e. The number of hydrogen-bond donors (Lipinski definition) is 0. The van der Waals surface area contributed by atoms with Crippen molar-refractivity contribution in [3.8, 4) is 34.1 Å². The second-order valence-corrected chi connectivity index (χ2v) is 7.49. The molecule has 174 valence electrons. The average molecular weight is 460 g/mol. The number of pyridine rings is 2. The first-order chi connectivity index (χ1) is 16.4. The summed E-state index contributed by atoms with van der Waals surface area (Å²) in [4.78, 5) is 31.2. The first-order valence-corrected chi connectivity index (χ1v) is 10.4. The molecule has 0 fully saturated rings. The van der Waals surface area contributed by atoms with E-state index in [2.05, 4.69) is 4.98 Å². The van der Waals surface area contributed by atoms with Crippen LogP contribution in [0.1, 0.15) is 16.1 Å². The lowest BCUT2D eigenvalue weighted by Gasteiger charge is -2.16. The Kier molecular flexibility index (Phi) is 6.23. The quantitative estimate of drug-likeness (QED) is 0.399. The molecule has 0 bridgehead atoms. The lowest BCUT2D eigenvalue weighted by molar-refractivity contribution is 0.0600. The van der Waals surface area contributed by atoms with Gasteiger partial charge in [-0.2, -0.15) is 0 Å². The summed E-state index contributed by atoms with van der Waals surface area (Å²) in [7, 11) is 5.95. The van der Waals surface area contributed by atoms with Crippen molar-refractivity contribution in [3.05, 3.63) is 76.3 Å². The van der Waals surface area contributed by atoms with Gasteiger partial charge in [0.05, 0.1) is 56.3 Å². The Balaban J connectivity index is 2.10. The number of benzene rings is 2. The van der Waals surface area contributed by atoms with Gasteiger partial charge in [0.15, 0.2) is 0 Å². The Morgan fingerprint density at radius 3 is 2.03 bits per heavy atom. The van der Waals surface area contributed by atoms with Crippen LogP contribution in [-0.2, 0) is 4.74 Å². The monoisotopic (exact) mass is 460 g/mol. The van der Waals surface area contributed by atoms with Crippen LogP contribution in [0.2, 0.25) is 0 Å². The smallest absolute Gasteiger partial charge is 0.340 e. The molecule has 0 aliphatic heterocycles. The van der Waals surface area contributed by atoms with Crippen LogP contribution in [0.3, 0.4) is 0 Å². The zero-order chi connectivity index (χ0) is 24.4. The topological polar surface area (TPSA) is 88.9 Å². The van der Waals surface area contributed by atoms with Crippen molar-refractivity contribution >= 4 is 16.9 Å². The summed E-state index contributed by atoms with van der Waals surface area (Å²) >= 11 is 0. The fourth-order valence-corrected chi connectivity index (χ4v) is 3.93. The molecule has 2 heterocycles. The Bertz CT molecular complexity index is 1420. The predicted octanol–water partition coefficient (Wildman–Crippen LogP) is 4.17. The molecule has 0 aliphatic rings. The van der Waals surface area contributed by atoms with Gasteiger partial charge in [0.1, 0.15) is 17.2 Å². The molecule has 0 saturated heterocycles. The fourth-order valence-electron chi connectivity index (χ4n) is 3.93. The molecule has 8 heteroatoms. The Labute approximate surface area is 196 Å². The molecule has 0 amide bonds. The first kappa shape index (κ1) is 22.8. The van der Waals surface area contributed by atoms with E-state index in [0.717, 1.165) is 0 Å². The van der Waals surface area contributed by atoms with Crippen LogP contribution >= 0.6 is 0 Å². The molecule has 2 aromatic heterocycles. The van der Waals surface area contributed by atoms with Crippen molar-refractivity contribution in [1.82, 2.24) is 9.55 Å². The van der Waals surface area contributed by atoms with Crippen molar-refractivity contribution in [2.45, 2.75) is 6.92 Å². The lowest BCUT2D eigenvalue weighted by Crippen LogP contribution is -2.21. The molecule has 4 rings (SSSR count). The highest BCUT2D eigenvalue weighted by atomic mass is 16.5. The SMILES string of the molecule is COC(=O)c1c(C)nc2ccn(-c3cc(OC)cc(OC)c3)c(=O)c2c1-c1ccc(OC)cc1. The lowest BCUT2D eigenvalue weighted by atomic mass is 9.95. The second-order valence-electron chi connectivity index (χ2n) is 7.49. The van der Waals surface area contributed by atoms with E-state index in [0.29, 0.717) is 50.7 Å². The molecule has 34 heavy (non-hydrogen) atoms. The van der Waals surface area contributed by atoms with Crippen molar-refractivity contribution in [2.75, 3.05) is 28.4 Å². The third-order valence-corrected chi connectivity index (χ3v) is 5.60. The Hall–Kier alpha value is -4.33. The third kappa shape index (κ3) is 3.94. The van der Waals surface area contributed by atoms with E-state index in [1.807, 2.05) is 0 Å². The van der Waals surface area contributed by atoms with Crippen LogP contribution in [0.15, 0.2) is 59.5 Å². The fraction of sp³-hybridized carbons (Fsp3) is 0.192. The van der Waals surface area contributed by atoms with Crippen molar-refractivity contribution in [2.24, 2.45) is 0 Å². The van der Waals surface area contributed by atoms with Gasteiger partial charge in [0.2, 0.25) is 0 Å². The predicted molar refractivity (Wildman–Crippen MR) is 129 cm³/mol. The van der Waals surface area contributed by atoms with Gasteiger partial charge in [-0.3, -0.25) is 14.3 Å². The molecule has 0 atom stereocenters. The van der Waals surface area contributed by atoms with Crippen LogP contribution in [0, 0.1) is 6.92 Å². The minimum absolute atomic E-state index is 0.234. The Morgan fingerprint density at radius 1 is 0.853 bits per heavy atom. The van der Waals surface area contributed by atoms with E-state index < -0.39 is 5.97 Å². The molecule has 0 N–H and O–H groups in total. The molecule has 0 radical (unpaired) electrons. The maximum absolute atomic E-state index is 13.9. The molecule has 4 aromatic rings. The minimum Gasteiger partial charge on any atom is -0.497 e. The molecule has 8 nitrogen and oxygen atoms in total. The van der Waals surface area contributed by atoms with Crippen LogP contribution in [0.4, 0.5) is 0 Å². The van der Waals surface area contributed by atoms with Gasteiger partial charge in [-0.15, -0.1) is 0 Å². The van der Waals surface area contributed by atoms with Gasteiger partial charge in [0.25, 0.3) is 5.56 Å². The minimum atomic E-state index is -0.574. The van der Waals surface area contributed by atoms with Gasteiger partial charge in [-0.05, 0) is 30.7 Å². The van der Waals surface area contributed by atoms with E-state index in [-0.39, 0.29) is 11.1 Å². The third-order valence-electron chi connectivity index (χ3n) is 5.60. The van der Waals surface area contributed by atoms with Gasteiger partial charge < -0.3 is 18.9 Å². The summed E-state index contributed by atoms with van der Waals surface area (Å²) in [5, 5.41) is 0.292. The highest BCUT2D eigenvalue weighted by Gasteiger charge is 2.24. The van der Waals surface area contributed by atoms with Crippen LogP contribution < -0.4 is 19.8 Å². The van der Waals surface area contributed by atoms with E-state index in [9.17, 15) is 9.59 Å². The number of nitrogens with zero attached hydrogens (tertiary/aromatic N) is 2. The number of methoxy groups -OCH3 is 4. The van der Waals surface area contributed by atoms with Crippen molar-refractivity contribution < 1.29 is 23.7 Å². The Morgan fingerprint density at radius 2 is 1.47 bits per heavy atom. The highest BCUT2D eigenvalue weighted by molar-refractivity contribution is 6.07. The first-order valence-electron chi connectivity index (χ1n) is 10.4. The number of fused-ring (bicyclic) bond motifs is 1. The highest BCUT2D eigenvalue weighted by Crippen LogP contribution is 2.33. The summed E-state index contributed by atoms with van der Waals surface area (Å²) in [6, 6.07) is 14.0. The number of carbonyl (C=O) groups is 1. The summed E-state index contributed by atoms with van der Waals surface area (Å²) in [5.74, 6) is 1.15. The summed E-state index contributed by atoms with van der Waals surface area (Å²) < 4.78 is 22.5. The summed E-state index contributed by atoms with van der Waals surface area (Å²) in [6.45, 7) is 1.72. The number of rotatable bonds is 6. The van der Waals surface area contributed by atoms with Crippen LogP contribution in [0.5, 0.6) is 17.2 Å². The molecule has 0 unspecified atom stereocenters. The van der Waals surface area contributed by atoms with Crippen LogP contribution in [-0.4, -0.2) is 44.0 Å². The average Bonchev–Trinajstić information content (AvgIpc) is 2.87. The molecule has 0 spiro atoms. The maximum atomic E-state index is 13.9. The van der Waals surface area contributed by atoms with E-state index in [4.69, 9.17) is 18.9 Å². The van der Waals surface area contributed by atoms with Crippen LogP contribution in [0.25, 0.3) is 27.7 Å². The molecular formula is C26H24N2O6. The number of aromatic nitrogens is 2. The molecular weight excluding hydrogens is 436 g/mol. The van der Waals surface area contributed by atoms with Crippen molar-refractivity contribution in [3.63, 3.8) is 0 Å². The zero-order valence-corrected chi connectivity index (χ0v) is 19.5. The number of esters is 1. The zero-order valence-electron chi connectivity index (χ0n) is 19.5. The van der Waals surface area contributed by atoms with Crippen molar-refractivity contribution in [1.29, 1.82) is 0 Å². The van der Waals surface area contributed by atoms with E-state index in [1.165, 1.54) is 11.7 Å². The van der Waals surface area contributed by atoms with Gasteiger partial charge in [-0.25, -0.2) is 4.79 Å². The molecule has 0 aliphatic carbocycles. The van der Waals surface area contributed by atoms with E-state index in [1.54, 1.807) is 83.0 Å². The normalized spacial score (nSPS) is 10.7. The number of ether oxygens (including phenoxy) is 4. The molecule has 2 aromatic carbocycles. The number of carbonyl (C=O) groups excluding carboxylic acids is 1. The van der Waals surface area contributed by atoms with E-state index >= 15 is 0 Å².